The summed E-state index contributed by atoms with van der Waals surface area (Å²) in [4.78, 5) is 12.0. The molecule has 0 aliphatic heterocycles. The standard InChI is InChI=1S/C17H20N2O2/c1-3-19-15(8-12(2)18-19)11-17(16(20)21)9-13-6-4-5-7-14(13)10-17/h4-8H,3,9-11H2,1-2H3,(H,20,21). The van der Waals surface area contributed by atoms with Gasteiger partial charge in [-0.25, -0.2) is 0 Å². The second-order valence-corrected chi connectivity index (χ2v) is 5.98. The minimum absolute atomic E-state index is 0.533. The van der Waals surface area contributed by atoms with Crippen LogP contribution in [0.5, 0.6) is 0 Å². The van der Waals surface area contributed by atoms with Crippen molar-refractivity contribution in [2.45, 2.75) is 39.7 Å². The fourth-order valence-corrected chi connectivity index (χ4v) is 3.41. The summed E-state index contributed by atoms with van der Waals surface area (Å²) >= 11 is 0. The summed E-state index contributed by atoms with van der Waals surface area (Å²) in [6.07, 6.45) is 1.74. The Hall–Kier alpha value is -2.10. The lowest BCUT2D eigenvalue weighted by molar-refractivity contribution is -0.148. The van der Waals surface area contributed by atoms with Crippen molar-refractivity contribution in [2.75, 3.05) is 0 Å². The first kappa shape index (κ1) is 13.9. The number of fused-ring (bicyclic) bond motifs is 1. The van der Waals surface area contributed by atoms with Crippen LogP contribution in [-0.4, -0.2) is 20.9 Å². The smallest absolute Gasteiger partial charge is 0.310 e. The fourth-order valence-electron chi connectivity index (χ4n) is 3.41. The van der Waals surface area contributed by atoms with Crippen LogP contribution in [0.3, 0.4) is 0 Å². The molecule has 4 nitrogen and oxygen atoms in total. The van der Waals surface area contributed by atoms with E-state index in [1.54, 1.807) is 0 Å². The van der Waals surface area contributed by atoms with Gasteiger partial charge in [-0.05, 0) is 43.9 Å². The molecule has 0 bridgehead atoms. The summed E-state index contributed by atoms with van der Waals surface area (Å²) < 4.78 is 1.92. The molecule has 1 aromatic carbocycles. The van der Waals surface area contributed by atoms with E-state index in [0.29, 0.717) is 19.3 Å². The Balaban J connectivity index is 1.96. The number of hydrogen-bond donors (Lipinski definition) is 1. The van der Waals surface area contributed by atoms with Crippen molar-refractivity contribution in [2.24, 2.45) is 5.41 Å². The van der Waals surface area contributed by atoms with Gasteiger partial charge in [0, 0.05) is 18.7 Å². The van der Waals surface area contributed by atoms with Crippen LogP contribution in [0.15, 0.2) is 30.3 Å². The molecule has 0 unspecified atom stereocenters. The number of aryl methyl sites for hydroxylation is 2. The van der Waals surface area contributed by atoms with E-state index in [-0.39, 0.29) is 0 Å². The summed E-state index contributed by atoms with van der Waals surface area (Å²) in [5, 5.41) is 14.3. The van der Waals surface area contributed by atoms with Gasteiger partial charge in [-0.2, -0.15) is 5.10 Å². The Morgan fingerprint density at radius 3 is 2.48 bits per heavy atom. The van der Waals surface area contributed by atoms with Crippen LogP contribution in [0, 0.1) is 12.3 Å². The van der Waals surface area contributed by atoms with E-state index in [9.17, 15) is 9.90 Å². The van der Waals surface area contributed by atoms with Gasteiger partial charge in [-0.15, -0.1) is 0 Å². The zero-order valence-electron chi connectivity index (χ0n) is 12.5. The summed E-state index contributed by atoms with van der Waals surface area (Å²) in [5.41, 5.74) is 3.56. The van der Waals surface area contributed by atoms with Gasteiger partial charge in [-0.1, -0.05) is 24.3 Å². The van der Waals surface area contributed by atoms with Crippen molar-refractivity contribution in [3.63, 3.8) is 0 Å². The van der Waals surface area contributed by atoms with E-state index in [1.807, 2.05) is 48.9 Å². The number of aromatic nitrogens is 2. The summed E-state index contributed by atoms with van der Waals surface area (Å²) in [5.74, 6) is -0.708. The van der Waals surface area contributed by atoms with Gasteiger partial charge in [0.25, 0.3) is 0 Å². The molecule has 21 heavy (non-hydrogen) atoms. The minimum atomic E-state index is -0.733. The lowest BCUT2D eigenvalue weighted by Gasteiger charge is -2.24. The number of rotatable bonds is 4. The third-order valence-electron chi connectivity index (χ3n) is 4.43. The lowest BCUT2D eigenvalue weighted by atomic mass is 9.80. The normalized spacial score (nSPS) is 15.9. The van der Waals surface area contributed by atoms with E-state index in [0.717, 1.165) is 17.9 Å². The minimum Gasteiger partial charge on any atom is -0.481 e. The predicted molar refractivity (Wildman–Crippen MR) is 80.3 cm³/mol. The lowest BCUT2D eigenvalue weighted by Crippen LogP contribution is -2.35. The molecule has 4 heteroatoms. The van der Waals surface area contributed by atoms with E-state index < -0.39 is 11.4 Å². The van der Waals surface area contributed by atoms with E-state index in [4.69, 9.17) is 0 Å². The summed E-state index contributed by atoms with van der Waals surface area (Å²) in [7, 11) is 0. The molecule has 3 rings (SSSR count). The highest BCUT2D eigenvalue weighted by Gasteiger charge is 2.44. The summed E-state index contributed by atoms with van der Waals surface area (Å²) in [6.45, 7) is 4.76. The van der Waals surface area contributed by atoms with Crippen LogP contribution >= 0.6 is 0 Å². The van der Waals surface area contributed by atoms with E-state index in [2.05, 4.69) is 5.10 Å². The van der Waals surface area contributed by atoms with Crippen LogP contribution in [-0.2, 0) is 30.6 Å². The number of nitrogens with zero attached hydrogens (tertiary/aromatic N) is 2. The molecule has 0 atom stereocenters. The zero-order valence-corrected chi connectivity index (χ0v) is 12.5. The quantitative estimate of drug-likeness (QED) is 0.939. The van der Waals surface area contributed by atoms with Crippen LogP contribution in [0.25, 0.3) is 0 Å². The monoisotopic (exact) mass is 284 g/mol. The van der Waals surface area contributed by atoms with Gasteiger partial charge in [0.15, 0.2) is 0 Å². The van der Waals surface area contributed by atoms with Crippen molar-refractivity contribution in [3.8, 4) is 0 Å². The number of carboxylic acid groups (broad SMARTS) is 1. The Labute approximate surface area is 124 Å². The maximum atomic E-state index is 12.0. The topological polar surface area (TPSA) is 55.1 Å². The van der Waals surface area contributed by atoms with Crippen molar-refractivity contribution < 1.29 is 9.90 Å². The van der Waals surface area contributed by atoms with Gasteiger partial charge < -0.3 is 5.11 Å². The fraction of sp³-hybridized carbons (Fsp3) is 0.412. The van der Waals surface area contributed by atoms with Crippen LogP contribution in [0.2, 0.25) is 0 Å². The van der Waals surface area contributed by atoms with Gasteiger partial charge in [0.05, 0.1) is 11.1 Å². The zero-order chi connectivity index (χ0) is 15.0. The second-order valence-electron chi connectivity index (χ2n) is 5.98. The molecular formula is C17H20N2O2. The van der Waals surface area contributed by atoms with Crippen molar-refractivity contribution in [1.82, 2.24) is 9.78 Å². The van der Waals surface area contributed by atoms with Crippen LogP contribution in [0.4, 0.5) is 0 Å². The number of carbonyl (C=O) groups is 1. The average molecular weight is 284 g/mol. The van der Waals surface area contributed by atoms with Crippen LogP contribution in [0.1, 0.15) is 29.4 Å². The molecule has 1 aromatic heterocycles. The number of benzene rings is 1. The first-order valence-electron chi connectivity index (χ1n) is 7.37. The highest BCUT2D eigenvalue weighted by molar-refractivity contribution is 5.77. The van der Waals surface area contributed by atoms with Gasteiger partial charge in [-0.3, -0.25) is 9.48 Å². The number of carboxylic acids is 1. The third-order valence-corrected chi connectivity index (χ3v) is 4.43. The van der Waals surface area contributed by atoms with Crippen molar-refractivity contribution >= 4 is 5.97 Å². The molecule has 0 saturated heterocycles. The van der Waals surface area contributed by atoms with E-state index >= 15 is 0 Å². The maximum absolute atomic E-state index is 12.0. The molecule has 2 aromatic rings. The highest BCUT2D eigenvalue weighted by atomic mass is 16.4. The third kappa shape index (κ3) is 2.35. The Morgan fingerprint density at radius 2 is 1.95 bits per heavy atom. The first-order chi connectivity index (χ1) is 10.0. The van der Waals surface area contributed by atoms with Crippen molar-refractivity contribution in [3.05, 3.63) is 52.8 Å². The van der Waals surface area contributed by atoms with Gasteiger partial charge >= 0.3 is 5.97 Å². The van der Waals surface area contributed by atoms with E-state index in [1.165, 1.54) is 11.1 Å². The number of hydrogen-bond acceptors (Lipinski definition) is 2. The molecule has 0 spiro atoms. The molecule has 0 fully saturated rings. The molecule has 1 heterocycles. The SMILES string of the molecule is CCn1nc(C)cc1CC1(C(=O)O)Cc2ccccc2C1. The molecule has 0 radical (unpaired) electrons. The molecule has 0 saturated carbocycles. The molecule has 1 aliphatic carbocycles. The number of aliphatic carboxylic acids is 1. The first-order valence-corrected chi connectivity index (χ1v) is 7.37. The largest absolute Gasteiger partial charge is 0.481 e. The predicted octanol–water partition coefficient (Wildman–Crippen LogP) is 2.62. The van der Waals surface area contributed by atoms with Gasteiger partial charge in [0.1, 0.15) is 0 Å². The Bertz CT molecular complexity index is 663. The van der Waals surface area contributed by atoms with Crippen molar-refractivity contribution in [1.29, 1.82) is 0 Å². The second kappa shape index (κ2) is 5.02. The molecule has 1 N–H and O–H groups in total. The summed E-state index contributed by atoms with van der Waals surface area (Å²) in [6, 6.07) is 10.1. The molecule has 0 amide bonds. The Kier molecular flexibility index (Phi) is 3.32. The Morgan fingerprint density at radius 1 is 1.33 bits per heavy atom. The average Bonchev–Trinajstić information content (AvgIpc) is 2.99. The maximum Gasteiger partial charge on any atom is 0.310 e. The van der Waals surface area contributed by atoms with Gasteiger partial charge in [0.2, 0.25) is 0 Å². The molecule has 110 valence electrons. The molecule has 1 aliphatic rings. The highest BCUT2D eigenvalue weighted by Crippen LogP contribution is 2.40. The molecular weight excluding hydrogens is 264 g/mol. The van der Waals surface area contributed by atoms with Crippen LogP contribution < -0.4 is 0 Å².